The first-order valence-corrected chi connectivity index (χ1v) is 7.53. The molecule has 1 saturated carbocycles. The standard InChI is InChI=1S/C17H25NO2/c1-13-6-7-14(12-19)10-15(13)18-16(20)11-17(2)8-4-3-5-9-17/h6-7,10,19H,3-5,8-9,11-12H2,1-2H3,(H,18,20). The number of aliphatic hydroxyl groups is 1. The second-order valence-electron chi connectivity index (χ2n) is 6.40. The van der Waals surface area contributed by atoms with Crippen molar-refractivity contribution in [2.45, 2.75) is 59.0 Å². The van der Waals surface area contributed by atoms with E-state index in [0.717, 1.165) is 29.7 Å². The van der Waals surface area contributed by atoms with Crippen molar-refractivity contribution in [1.82, 2.24) is 0 Å². The molecule has 1 aliphatic rings. The largest absolute Gasteiger partial charge is 0.392 e. The summed E-state index contributed by atoms with van der Waals surface area (Å²) >= 11 is 0. The van der Waals surface area contributed by atoms with Crippen LogP contribution in [0.2, 0.25) is 0 Å². The Bertz CT molecular complexity index is 476. The normalized spacial score (nSPS) is 17.8. The summed E-state index contributed by atoms with van der Waals surface area (Å²) in [7, 11) is 0. The lowest BCUT2D eigenvalue weighted by atomic mass is 9.73. The van der Waals surface area contributed by atoms with Gasteiger partial charge < -0.3 is 10.4 Å². The zero-order valence-corrected chi connectivity index (χ0v) is 12.5. The number of amides is 1. The Morgan fingerprint density at radius 3 is 2.65 bits per heavy atom. The number of nitrogens with one attached hydrogen (secondary N) is 1. The molecule has 3 nitrogen and oxygen atoms in total. The van der Waals surface area contributed by atoms with E-state index in [1.54, 1.807) is 0 Å². The average Bonchev–Trinajstić information content (AvgIpc) is 2.41. The lowest BCUT2D eigenvalue weighted by Gasteiger charge is -2.33. The molecule has 0 radical (unpaired) electrons. The molecule has 0 bridgehead atoms. The topological polar surface area (TPSA) is 49.3 Å². The summed E-state index contributed by atoms with van der Waals surface area (Å²) in [5, 5.41) is 12.2. The fraction of sp³-hybridized carbons (Fsp3) is 0.588. The van der Waals surface area contributed by atoms with Crippen LogP contribution in [0.5, 0.6) is 0 Å². The highest BCUT2D eigenvalue weighted by molar-refractivity contribution is 5.92. The molecule has 0 heterocycles. The van der Waals surface area contributed by atoms with Gasteiger partial charge in [0.25, 0.3) is 0 Å². The van der Waals surface area contributed by atoms with Gasteiger partial charge in [-0.25, -0.2) is 0 Å². The molecule has 110 valence electrons. The number of aliphatic hydroxyl groups excluding tert-OH is 1. The first-order valence-electron chi connectivity index (χ1n) is 7.53. The monoisotopic (exact) mass is 275 g/mol. The quantitative estimate of drug-likeness (QED) is 0.878. The number of rotatable bonds is 4. The maximum absolute atomic E-state index is 12.3. The van der Waals surface area contributed by atoms with Crippen LogP contribution in [-0.2, 0) is 11.4 Å². The van der Waals surface area contributed by atoms with Gasteiger partial charge in [-0.15, -0.1) is 0 Å². The highest BCUT2D eigenvalue weighted by atomic mass is 16.3. The highest BCUT2D eigenvalue weighted by Gasteiger charge is 2.29. The Hall–Kier alpha value is -1.35. The van der Waals surface area contributed by atoms with E-state index in [1.807, 2.05) is 25.1 Å². The number of hydrogen-bond acceptors (Lipinski definition) is 2. The van der Waals surface area contributed by atoms with Crippen LogP contribution in [0.25, 0.3) is 0 Å². The number of hydrogen-bond donors (Lipinski definition) is 2. The van der Waals surface area contributed by atoms with Gasteiger partial charge in [0.05, 0.1) is 6.61 Å². The molecular weight excluding hydrogens is 250 g/mol. The van der Waals surface area contributed by atoms with Gasteiger partial charge >= 0.3 is 0 Å². The van der Waals surface area contributed by atoms with Gasteiger partial charge in [0.15, 0.2) is 0 Å². The van der Waals surface area contributed by atoms with Gasteiger partial charge in [-0.1, -0.05) is 38.3 Å². The van der Waals surface area contributed by atoms with Crippen LogP contribution in [0, 0.1) is 12.3 Å². The first-order chi connectivity index (χ1) is 9.52. The Kier molecular flexibility index (Phi) is 4.81. The summed E-state index contributed by atoms with van der Waals surface area (Å²) < 4.78 is 0. The Morgan fingerprint density at radius 1 is 1.30 bits per heavy atom. The number of carbonyl (C=O) groups excluding carboxylic acids is 1. The minimum Gasteiger partial charge on any atom is -0.392 e. The maximum atomic E-state index is 12.3. The van der Waals surface area contributed by atoms with Crippen LogP contribution in [0.1, 0.15) is 56.6 Å². The second-order valence-corrected chi connectivity index (χ2v) is 6.40. The van der Waals surface area contributed by atoms with E-state index in [4.69, 9.17) is 0 Å². The van der Waals surface area contributed by atoms with Crippen LogP contribution >= 0.6 is 0 Å². The van der Waals surface area contributed by atoms with Crippen molar-refractivity contribution >= 4 is 11.6 Å². The molecule has 1 aliphatic carbocycles. The summed E-state index contributed by atoms with van der Waals surface area (Å²) in [6.07, 6.45) is 6.67. The molecule has 2 rings (SSSR count). The van der Waals surface area contributed by atoms with Crippen LogP contribution in [-0.4, -0.2) is 11.0 Å². The fourth-order valence-electron chi connectivity index (χ4n) is 3.07. The lowest BCUT2D eigenvalue weighted by Crippen LogP contribution is -2.27. The van der Waals surface area contributed by atoms with Crippen molar-refractivity contribution < 1.29 is 9.90 Å². The molecule has 1 fully saturated rings. The summed E-state index contributed by atoms with van der Waals surface area (Å²) in [6, 6.07) is 5.67. The molecule has 1 aromatic rings. The van der Waals surface area contributed by atoms with E-state index in [0.29, 0.717) is 6.42 Å². The summed E-state index contributed by atoms with van der Waals surface area (Å²) in [5.74, 6) is 0.0904. The van der Waals surface area contributed by atoms with E-state index in [2.05, 4.69) is 12.2 Å². The van der Waals surface area contributed by atoms with Crippen molar-refractivity contribution in [1.29, 1.82) is 0 Å². The number of anilines is 1. The van der Waals surface area contributed by atoms with E-state index in [1.165, 1.54) is 19.3 Å². The van der Waals surface area contributed by atoms with Crippen LogP contribution in [0.3, 0.4) is 0 Å². The second kappa shape index (κ2) is 6.40. The molecule has 3 heteroatoms. The third-order valence-corrected chi connectivity index (χ3v) is 4.41. The lowest BCUT2D eigenvalue weighted by molar-refractivity contribution is -0.118. The molecule has 0 aromatic heterocycles. The summed E-state index contributed by atoms with van der Waals surface area (Å²) in [6.45, 7) is 4.20. The van der Waals surface area contributed by atoms with E-state index in [-0.39, 0.29) is 17.9 Å². The van der Waals surface area contributed by atoms with Crippen molar-refractivity contribution in [3.63, 3.8) is 0 Å². The number of carbonyl (C=O) groups is 1. The number of aryl methyl sites for hydroxylation is 1. The molecule has 0 spiro atoms. The molecule has 1 aromatic carbocycles. The zero-order chi connectivity index (χ0) is 14.6. The van der Waals surface area contributed by atoms with E-state index < -0.39 is 0 Å². The summed E-state index contributed by atoms with van der Waals surface area (Å²) in [4.78, 5) is 12.3. The molecule has 0 unspecified atom stereocenters. The van der Waals surface area contributed by atoms with Crippen molar-refractivity contribution in [3.05, 3.63) is 29.3 Å². The van der Waals surface area contributed by atoms with Gasteiger partial charge in [-0.2, -0.15) is 0 Å². The molecule has 2 N–H and O–H groups in total. The smallest absolute Gasteiger partial charge is 0.224 e. The zero-order valence-electron chi connectivity index (χ0n) is 12.5. The van der Waals surface area contributed by atoms with Gasteiger partial charge in [0, 0.05) is 12.1 Å². The van der Waals surface area contributed by atoms with Gasteiger partial charge in [-0.05, 0) is 42.4 Å². The fourth-order valence-corrected chi connectivity index (χ4v) is 3.07. The predicted molar refractivity (Wildman–Crippen MR) is 81.5 cm³/mol. The van der Waals surface area contributed by atoms with Gasteiger partial charge in [0.2, 0.25) is 5.91 Å². The molecule has 1 amide bonds. The Balaban J connectivity index is 2.00. The van der Waals surface area contributed by atoms with Crippen LogP contribution < -0.4 is 5.32 Å². The molecular formula is C17H25NO2. The van der Waals surface area contributed by atoms with Gasteiger partial charge in [0.1, 0.15) is 0 Å². The Morgan fingerprint density at radius 2 is 2.00 bits per heavy atom. The third kappa shape index (κ3) is 3.83. The third-order valence-electron chi connectivity index (χ3n) is 4.41. The van der Waals surface area contributed by atoms with Gasteiger partial charge in [-0.3, -0.25) is 4.79 Å². The van der Waals surface area contributed by atoms with Crippen LogP contribution in [0.4, 0.5) is 5.69 Å². The average molecular weight is 275 g/mol. The van der Waals surface area contributed by atoms with E-state index >= 15 is 0 Å². The minimum atomic E-state index is 0.000859. The first kappa shape index (κ1) is 15.0. The molecule has 0 atom stereocenters. The van der Waals surface area contributed by atoms with Crippen molar-refractivity contribution in [2.75, 3.05) is 5.32 Å². The SMILES string of the molecule is Cc1ccc(CO)cc1NC(=O)CC1(C)CCCCC1. The summed E-state index contributed by atoms with van der Waals surface area (Å²) in [5.41, 5.74) is 2.84. The Labute approximate surface area is 121 Å². The number of benzene rings is 1. The van der Waals surface area contributed by atoms with Crippen molar-refractivity contribution in [3.8, 4) is 0 Å². The minimum absolute atomic E-state index is 0.000859. The van der Waals surface area contributed by atoms with Crippen LogP contribution in [0.15, 0.2) is 18.2 Å². The highest BCUT2D eigenvalue weighted by Crippen LogP contribution is 2.38. The predicted octanol–water partition coefficient (Wildman–Crippen LogP) is 3.79. The molecule has 0 aliphatic heterocycles. The molecule has 0 saturated heterocycles. The molecule has 20 heavy (non-hydrogen) atoms. The van der Waals surface area contributed by atoms with Crippen molar-refractivity contribution in [2.24, 2.45) is 5.41 Å². The van der Waals surface area contributed by atoms with E-state index in [9.17, 15) is 9.90 Å². The maximum Gasteiger partial charge on any atom is 0.224 e.